The van der Waals surface area contributed by atoms with E-state index in [0.29, 0.717) is 0 Å². The van der Waals surface area contributed by atoms with Crippen LogP contribution >= 0.6 is 0 Å². The fourth-order valence-electron chi connectivity index (χ4n) is 1.17. The number of nitriles is 1. The van der Waals surface area contributed by atoms with Crippen molar-refractivity contribution in [1.82, 2.24) is 0 Å². The lowest BCUT2D eigenvalue weighted by Crippen LogP contribution is -2.23. The summed E-state index contributed by atoms with van der Waals surface area (Å²) < 4.78 is 26.3. The number of nitrogens with two attached hydrogens (primary N) is 1. The van der Waals surface area contributed by atoms with Crippen LogP contribution in [0.2, 0.25) is 0 Å². The molecule has 0 saturated heterocycles. The van der Waals surface area contributed by atoms with Gasteiger partial charge in [0.25, 0.3) is 0 Å². The molecule has 0 bridgehead atoms. The van der Waals surface area contributed by atoms with Crippen molar-refractivity contribution in [3.63, 3.8) is 0 Å². The lowest BCUT2D eigenvalue weighted by Gasteiger charge is -2.15. The van der Waals surface area contributed by atoms with Gasteiger partial charge in [0, 0.05) is 0 Å². The average Bonchev–Trinajstić information content (AvgIpc) is 2.15. The van der Waals surface area contributed by atoms with E-state index in [1.165, 1.54) is 13.0 Å². The molecule has 0 aliphatic heterocycles. The molecule has 0 saturated carbocycles. The van der Waals surface area contributed by atoms with Crippen LogP contribution in [0, 0.1) is 23.0 Å². The van der Waals surface area contributed by atoms with Gasteiger partial charge in [0.15, 0.2) is 0 Å². The standard InChI is InChI=1S/C10H10F2N2O/c1-5(15)10(14)6-2-8(11)7(4-13)9(12)3-6/h2-3,5,10,15H,14H2,1H3. The smallest absolute Gasteiger partial charge is 0.144 e. The van der Waals surface area contributed by atoms with Crippen LogP contribution in [0.3, 0.4) is 0 Å². The van der Waals surface area contributed by atoms with Gasteiger partial charge >= 0.3 is 0 Å². The van der Waals surface area contributed by atoms with Crippen LogP contribution in [-0.4, -0.2) is 11.2 Å². The quantitative estimate of drug-likeness (QED) is 0.774. The molecule has 0 spiro atoms. The summed E-state index contributed by atoms with van der Waals surface area (Å²) >= 11 is 0. The molecule has 0 amide bonds. The van der Waals surface area contributed by atoms with E-state index >= 15 is 0 Å². The molecule has 15 heavy (non-hydrogen) atoms. The van der Waals surface area contributed by atoms with Crippen molar-refractivity contribution >= 4 is 0 Å². The number of nitrogens with zero attached hydrogens (tertiary/aromatic N) is 1. The molecule has 1 aromatic carbocycles. The van der Waals surface area contributed by atoms with Crippen molar-refractivity contribution in [3.05, 3.63) is 34.9 Å². The zero-order chi connectivity index (χ0) is 11.6. The van der Waals surface area contributed by atoms with E-state index in [0.717, 1.165) is 12.1 Å². The number of hydrogen-bond donors (Lipinski definition) is 2. The molecular formula is C10H10F2N2O. The second kappa shape index (κ2) is 4.34. The van der Waals surface area contributed by atoms with Gasteiger partial charge in [-0.2, -0.15) is 5.26 Å². The summed E-state index contributed by atoms with van der Waals surface area (Å²) in [5, 5.41) is 17.6. The van der Waals surface area contributed by atoms with Crippen LogP contribution in [0.1, 0.15) is 24.1 Å². The normalized spacial score (nSPS) is 14.4. The van der Waals surface area contributed by atoms with Crippen LogP contribution < -0.4 is 5.73 Å². The van der Waals surface area contributed by atoms with E-state index < -0.39 is 29.3 Å². The number of benzene rings is 1. The lowest BCUT2D eigenvalue weighted by atomic mass is 10.0. The number of aliphatic hydroxyl groups is 1. The number of rotatable bonds is 2. The molecule has 0 radical (unpaired) electrons. The number of hydrogen-bond acceptors (Lipinski definition) is 3. The first-order valence-electron chi connectivity index (χ1n) is 4.30. The van der Waals surface area contributed by atoms with Gasteiger partial charge in [0.1, 0.15) is 23.3 Å². The van der Waals surface area contributed by atoms with Crippen molar-refractivity contribution < 1.29 is 13.9 Å². The molecule has 2 unspecified atom stereocenters. The maximum atomic E-state index is 13.1. The SMILES string of the molecule is CC(O)C(N)c1cc(F)c(C#N)c(F)c1. The van der Waals surface area contributed by atoms with E-state index in [4.69, 9.17) is 16.1 Å². The minimum Gasteiger partial charge on any atom is -0.391 e. The third kappa shape index (κ3) is 2.29. The second-order valence-corrected chi connectivity index (χ2v) is 3.24. The van der Waals surface area contributed by atoms with E-state index in [1.807, 2.05) is 0 Å². The molecule has 2 atom stereocenters. The first-order valence-corrected chi connectivity index (χ1v) is 4.30. The van der Waals surface area contributed by atoms with Crippen molar-refractivity contribution in [2.75, 3.05) is 0 Å². The number of halogens is 2. The monoisotopic (exact) mass is 212 g/mol. The predicted molar refractivity (Wildman–Crippen MR) is 49.7 cm³/mol. The average molecular weight is 212 g/mol. The Morgan fingerprint density at radius 2 is 1.87 bits per heavy atom. The van der Waals surface area contributed by atoms with Gasteiger partial charge < -0.3 is 10.8 Å². The predicted octanol–water partition coefficient (Wildman–Crippen LogP) is 1.22. The summed E-state index contributed by atoms with van der Waals surface area (Å²) in [6.45, 7) is 1.42. The molecule has 0 aliphatic carbocycles. The Labute approximate surface area is 85.7 Å². The first-order chi connectivity index (χ1) is 6.97. The van der Waals surface area contributed by atoms with Crippen LogP contribution in [-0.2, 0) is 0 Å². The minimum atomic E-state index is -0.969. The van der Waals surface area contributed by atoms with E-state index in [1.54, 1.807) is 0 Å². The van der Waals surface area contributed by atoms with E-state index in [-0.39, 0.29) is 5.56 Å². The maximum Gasteiger partial charge on any atom is 0.144 e. The fraction of sp³-hybridized carbons (Fsp3) is 0.300. The van der Waals surface area contributed by atoms with Crippen LogP contribution in [0.5, 0.6) is 0 Å². The Bertz CT molecular complexity index is 389. The molecule has 3 N–H and O–H groups in total. The highest BCUT2D eigenvalue weighted by Gasteiger charge is 2.17. The molecule has 0 aromatic heterocycles. The van der Waals surface area contributed by atoms with Crippen molar-refractivity contribution in [1.29, 1.82) is 5.26 Å². The molecule has 0 fully saturated rings. The van der Waals surface area contributed by atoms with Crippen LogP contribution in [0.4, 0.5) is 8.78 Å². The minimum absolute atomic E-state index is 0.124. The molecule has 1 aromatic rings. The highest BCUT2D eigenvalue weighted by molar-refractivity contribution is 5.36. The third-order valence-electron chi connectivity index (χ3n) is 2.08. The summed E-state index contributed by atoms with van der Waals surface area (Å²) in [6.07, 6.45) is -0.920. The van der Waals surface area contributed by atoms with E-state index in [9.17, 15) is 8.78 Å². The van der Waals surface area contributed by atoms with Crippen LogP contribution in [0.15, 0.2) is 12.1 Å². The fourth-order valence-corrected chi connectivity index (χ4v) is 1.17. The zero-order valence-corrected chi connectivity index (χ0v) is 8.04. The molecule has 0 aliphatic rings. The summed E-state index contributed by atoms with van der Waals surface area (Å²) in [5.41, 5.74) is 4.98. The Morgan fingerprint density at radius 1 is 1.40 bits per heavy atom. The molecular weight excluding hydrogens is 202 g/mol. The Kier molecular flexibility index (Phi) is 3.35. The number of aliphatic hydroxyl groups excluding tert-OH is 1. The molecule has 1 rings (SSSR count). The highest BCUT2D eigenvalue weighted by atomic mass is 19.1. The van der Waals surface area contributed by atoms with Crippen molar-refractivity contribution in [2.24, 2.45) is 5.73 Å². The van der Waals surface area contributed by atoms with E-state index in [2.05, 4.69) is 0 Å². The largest absolute Gasteiger partial charge is 0.391 e. The van der Waals surface area contributed by atoms with Gasteiger partial charge in [-0.1, -0.05) is 0 Å². The van der Waals surface area contributed by atoms with Gasteiger partial charge in [-0.25, -0.2) is 8.78 Å². The Balaban J connectivity index is 3.21. The molecule has 5 heteroatoms. The lowest BCUT2D eigenvalue weighted by molar-refractivity contribution is 0.164. The zero-order valence-electron chi connectivity index (χ0n) is 8.04. The molecule has 0 heterocycles. The summed E-state index contributed by atoms with van der Waals surface area (Å²) in [6, 6.07) is 2.45. The Hall–Kier alpha value is -1.51. The first kappa shape index (κ1) is 11.6. The van der Waals surface area contributed by atoms with Gasteiger partial charge in [0.05, 0.1) is 12.1 Å². The van der Waals surface area contributed by atoms with Gasteiger partial charge in [-0.05, 0) is 24.6 Å². The Morgan fingerprint density at radius 3 is 2.20 bits per heavy atom. The van der Waals surface area contributed by atoms with Gasteiger partial charge in [-0.3, -0.25) is 0 Å². The van der Waals surface area contributed by atoms with Crippen molar-refractivity contribution in [3.8, 4) is 6.07 Å². The summed E-state index contributed by atoms with van der Waals surface area (Å²) in [5.74, 6) is -1.94. The molecule has 80 valence electrons. The van der Waals surface area contributed by atoms with Gasteiger partial charge in [0.2, 0.25) is 0 Å². The maximum absolute atomic E-state index is 13.1. The van der Waals surface area contributed by atoms with Crippen molar-refractivity contribution in [2.45, 2.75) is 19.1 Å². The topological polar surface area (TPSA) is 70.0 Å². The van der Waals surface area contributed by atoms with Gasteiger partial charge in [-0.15, -0.1) is 0 Å². The third-order valence-corrected chi connectivity index (χ3v) is 2.08. The summed E-state index contributed by atoms with van der Waals surface area (Å²) in [4.78, 5) is 0. The molecule has 3 nitrogen and oxygen atoms in total. The summed E-state index contributed by atoms with van der Waals surface area (Å²) in [7, 11) is 0. The second-order valence-electron chi connectivity index (χ2n) is 3.24. The van der Waals surface area contributed by atoms with Crippen LogP contribution in [0.25, 0.3) is 0 Å². The highest BCUT2D eigenvalue weighted by Crippen LogP contribution is 2.20.